The van der Waals surface area contributed by atoms with Crippen LogP contribution < -0.4 is 0 Å². The van der Waals surface area contributed by atoms with Crippen LogP contribution in [0.25, 0.3) is 81.3 Å². The lowest BCUT2D eigenvalue weighted by Crippen LogP contribution is -2.18. The highest BCUT2D eigenvalue weighted by atomic mass is 14.4. The fourth-order valence-corrected chi connectivity index (χ4v) is 11.4. The van der Waals surface area contributed by atoms with Gasteiger partial charge < -0.3 is 0 Å². The number of hydrogen-bond acceptors (Lipinski definition) is 0. The summed E-state index contributed by atoms with van der Waals surface area (Å²) in [5, 5.41) is 16.3. The second-order valence-corrected chi connectivity index (χ2v) is 17.1. The van der Waals surface area contributed by atoms with Crippen LogP contribution in [0.3, 0.4) is 0 Å². The summed E-state index contributed by atoms with van der Waals surface area (Å²) in [6.07, 6.45) is 6.00. The van der Waals surface area contributed by atoms with Gasteiger partial charge in [0.2, 0.25) is 0 Å². The molecule has 0 saturated heterocycles. The molecular weight excluding hydrogens is 649 g/mol. The van der Waals surface area contributed by atoms with Gasteiger partial charge >= 0.3 is 0 Å². The molecular formula is C54H40. The molecule has 0 saturated carbocycles. The van der Waals surface area contributed by atoms with E-state index in [0.717, 1.165) is 6.42 Å². The molecule has 0 aromatic heterocycles. The number of fused-ring (bicyclic) bond motifs is 19. The van der Waals surface area contributed by atoms with Gasteiger partial charge in [-0.3, -0.25) is 0 Å². The Balaban J connectivity index is 1.01. The van der Waals surface area contributed by atoms with Crippen molar-refractivity contribution in [2.75, 3.05) is 0 Å². The fourth-order valence-electron chi connectivity index (χ4n) is 11.4. The van der Waals surface area contributed by atoms with Crippen molar-refractivity contribution in [1.29, 1.82) is 0 Å². The summed E-state index contributed by atoms with van der Waals surface area (Å²) in [5.41, 5.74) is 12.8. The summed E-state index contributed by atoms with van der Waals surface area (Å²) in [6.45, 7) is 9.78. The Morgan fingerprint density at radius 1 is 0.426 bits per heavy atom. The zero-order chi connectivity index (χ0) is 36.1. The van der Waals surface area contributed by atoms with E-state index in [-0.39, 0.29) is 10.8 Å². The first-order valence-electron chi connectivity index (χ1n) is 19.6. The standard InChI is InChI=1S/C54H40/c1-53(2)47-27-21-31(29-45(47)43-25-23-41-37-17-7-5-13-33(37)35-15-9-11-19-39(35)49(41)51(43)53)32-22-28-48-46(30-32)44-26-24-42-38-18-8-6-14-34(38)36-16-10-12-20-40(36)50(42)52(44)54(48,3)4/h5-29,32H,30H2,1-4H3. The number of benzene rings is 9. The molecule has 0 aliphatic heterocycles. The van der Waals surface area contributed by atoms with Crippen molar-refractivity contribution >= 4 is 70.2 Å². The Kier molecular flexibility index (Phi) is 5.85. The highest BCUT2D eigenvalue weighted by Crippen LogP contribution is 2.57. The van der Waals surface area contributed by atoms with Crippen molar-refractivity contribution in [3.05, 3.63) is 185 Å². The van der Waals surface area contributed by atoms with Crippen LogP contribution in [-0.4, -0.2) is 0 Å². The van der Waals surface area contributed by atoms with Crippen LogP contribution in [-0.2, 0) is 10.8 Å². The minimum absolute atomic E-state index is 0.0915. The Morgan fingerprint density at radius 2 is 0.870 bits per heavy atom. The van der Waals surface area contributed by atoms with Crippen LogP contribution in [0.15, 0.2) is 157 Å². The van der Waals surface area contributed by atoms with Gasteiger partial charge in [0.1, 0.15) is 0 Å². The number of rotatable bonds is 1. The minimum Gasteiger partial charge on any atom is -0.0764 e. The van der Waals surface area contributed by atoms with Crippen molar-refractivity contribution in [3.63, 3.8) is 0 Å². The van der Waals surface area contributed by atoms with Gasteiger partial charge in [0.05, 0.1) is 0 Å². The van der Waals surface area contributed by atoms with E-state index in [9.17, 15) is 0 Å². The normalized spacial score (nSPS) is 17.9. The van der Waals surface area contributed by atoms with Gasteiger partial charge in [-0.15, -0.1) is 0 Å². The molecule has 0 bridgehead atoms. The van der Waals surface area contributed by atoms with Crippen LogP contribution in [0, 0.1) is 0 Å². The van der Waals surface area contributed by atoms with Gasteiger partial charge in [0, 0.05) is 16.7 Å². The predicted molar refractivity (Wildman–Crippen MR) is 232 cm³/mol. The topological polar surface area (TPSA) is 0 Å². The highest BCUT2D eigenvalue weighted by Gasteiger charge is 2.42. The van der Waals surface area contributed by atoms with E-state index in [4.69, 9.17) is 0 Å². The maximum atomic E-state index is 2.54. The summed E-state index contributed by atoms with van der Waals surface area (Å²) in [4.78, 5) is 0. The molecule has 0 heterocycles. The summed E-state index contributed by atoms with van der Waals surface area (Å²) in [5.74, 6) is 0.317. The molecule has 3 aliphatic rings. The predicted octanol–water partition coefficient (Wildman–Crippen LogP) is 14.7. The zero-order valence-electron chi connectivity index (χ0n) is 31.2. The smallest absolute Gasteiger partial charge is 0.0165 e. The van der Waals surface area contributed by atoms with Crippen LogP contribution in [0.1, 0.15) is 67.9 Å². The molecule has 1 unspecified atom stereocenters. The van der Waals surface area contributed by atoms with Gasteiger partial charge in [-0.1, -0.05) is 179 Å². The first kappa shape index (κ1) is 30.5. The molecule has 9 aromatic rings. The van der Waals surface area contributed by atoms with E-state index in [1.165, 1.54) is 115 Å². The third-order valence-electron chi connectivity index (χ3n) is 13.7. The van der Waals surface area contributed by atoms with Crippen LogP contribution in [0.2, 0.25) is 0 Å². The van der Waals surface area contributed by atoms with E-state index in [1.807, 2.05) is 0 Å². The van der Waals surface area contributed by atoms with Gasteiger partial charge in [-0.2, -0.15) is 0 Å². The zero-order valence-corrected chi connectivity index (χ0v) is 31.2. The van der Waals surface area contributed by atoms with Gasteiger partial charge in [0.15, 0.2) is 0 Å². The molecule has 0 heteroatoms. The van der Waals surface area contributed by atoms with E-state index in [2.05, 4.69) is 179 Å². The van der Waals surface area contributed by atoms with Gasteiger partial charge in [0.25, 0.3) is 0 Å². The van der Waals surface area contributed by atoms with E-state index < -0.39 is 0 Å². The van der Waals surface area contributed by atoms with Crippen molar-refractivity contribution in [1.82, 2.24) is 0 Å². The lowest BCUT2D eigenvalue weighted by atomic mass is 9.76. The SMILES string of the molecule is CC1(C)C2=C(CC(c3ccc4c(c3)-c3ccc5c6ccccc6c6ccccc6c5c3C4(C)C)C=C2)c2ccc3c4ccccc4c4ccccc4c3c21. The third kappa shape index (κ3) is 3.74. The summed E-state index contributed by atoms with van der Waals surface area (Å²) >= 11 is 0. The van der Waals surface area contributed by atoms with Crippen molar-refractivity contribution in [2.45, 2.75) is 50.9 Å². The molecule has 54 heavy (non-hydrogen) atoms. The molecule has 12 rings (SSSR count). The van der Waals surface area contributed by atoms with Crippen LogP contribution in [0.4, 0.5) is 0 Å². The lowest BCUT2D eigenvalue weighted by Gasteiger charge is -2.28. The molecule has 0 spiro atoms. The molecule has 256 valence electrons. The molecule has 9 aromatic carbocycles. The summed E-state index contributed by atoms with van der Waals surface area (Å²) < 4.78 is 0. The average Bonchev–Trinajstić information content (AvgIpc) is 3.59. The first-order chi connectivity index (χ1) is 26.3. The van der Waals surface area contributed by atoms with Gasteiger partial charge in [-0.25, -0.2) is 0 Å². The summed E-state index contributed by atoms with van der Waals surface area (Å²) in [7, 11) is 0. The second-order valence-electron chi connectivity index (χ2n) is 17.1. The maximum absolute atomic E-state index is 2.54. The van der Waals surface area contributed by atoms with Crippen LogP contribution in [0.5, 0.6) is 0 Å². The Hall–Kier alpha value is -5.98. The van der Waals surface area contributed by atoms with E-state index in [0.29, 0.717) is 5.92 Å². The second kappa shape index (κ2) is 10.4. The van der Waals surface area contributed by atoms with E-state index in [1.54, 1.807) is 0 Å². The van der Waals surface area contributed by atoms with Crippen LogP contribution >= 0.6 is 0 Å². The summed E-state index contributed by atoms with van der Waals surface area (Å²) in [6, 6.07) is 53.1. The Bertz CT molecular complexity index is 3160. The Labute approximate surface area is 316 Å². The molecule has 0 nitrogen and oxygen atoms in total. The maximum Gasteiger partial charge on any atom is 0.0165 e. The minimum atomic E-state index is -0.117. The molecule has 0 fully saturated rings. The lowest BCUT2D eigenvalue weighted by molar-refractivity contribution is 0.654. The molecule has 0 amide bonds. The van der Waals surface area contributed by atoms with Crippen molar-refractivity contribution < 1.29 is 0 Å². The largest absolute Gasteiger partial charge is 0.0764 e. The first-order valence-corrected chi connectivity index (χ1v) is 19.6. The van der Waals surface area contributed by atoms with E-state index >= 15 is 0 Å². The van der Waals surface area contributed by atoms with Crippen molar-refractivity contribution in [3.8, 4) is 11.1 Å². The fraction of sp³-hybridized carbons (Fsp3) is 0.148. The third-order valence-corrected chi connectivity index (χ3v) is 13.7. The number of hydrogen-bond donors (Lipinski definition) is 0. The Morgan fingerprint density at radius 3 is 1.41 bits per heavy atom. The molecule has 1 atom stereocenters. The number of allylic oxidation sites excluding steroid dienone is 4. The van der Waals surface area contributed by atoms with Crippen molar-refractivity contribution in [2.24, 2.45) is 0 Å². The molecule has 0 radical (unpaired) electrons. The highest BCUT2D eigenvalue weighted by molar-refractivity contribution is 6.28. The average molecular weight is 689 g/mol. The monoisotopic (exact) mass is 688 g/mol. The molecule has 0 N–H and O–H groups in total. The quantitative estimate of drug-likeness (QED) is 0.151. The molecule has 3 aliphatic carbocycles. The van der Waals surface area contributed by atoms with Gasteiger partial charge in [-0.05, 0) is 121 Å².